The minimum Gasteiger partial charge on any atom is -0.405 e. The first kappa shape index (κ1) is 14.0. The quantitative estimate of drug-likeness (QED) is 0.639. The average Bonchev–Trinajstić information content (AvgIpc) is 2.38. The van der Waals surface area contributed by atoms with Crippen molar-refractivity contribution in [3.63, 3.8) is 0 Å². The Morgan fingerprint density at radius 2 is 1.90 bits per heavy atom. The first-order valence-electron chi connectivity index (χ1n) is 5.36. The van der Waals surface area contributed by atoms with Crippen LogP contribution in [0.1, 0.15) is 10.4 Å². The molecule has 0 saturated carbocycles. The highest BCUT2D eigenvalue weighted by atomic mass is 19.4. The Balaban J connectivity index is 2.50. The van der Waals surface area contributed by atoms with Crippen molar-refractivity contribution in [3.05, 3.63) is 47.9 Å². The second-order valence-corrected chi connectivity index (χ2v) is 3.75. The lowest BCUT2D eigenvalue weighted by Gasteiger charge is -2.12. The third kappa shape index (κ3) is 3.11. The first-order valence-corrected chi connectivity index (χ1v) is 5.36. The van der Waals surface area contributed by atoms with Crippen molar-refractivity contribution in [3.8, 4) is 17.0 Å². The molecule has 0 aliphatic rings. The number of ether oxygens (including phenoxy) is 1. The number of benzene rings is 1. The van der Waals surface area contributed by atoms with Crippen LogP contribution in [0.15, 0.2) is 36.5 Å². The van der Waals surface area contributed by atoms with Crippen LogP contribution in [-0.2, 0) is 0 Å². The fourth-order valence-electron chi connectivity index (χ4n) is 1.58. The molecule has 0 spiro atoms. The van der Waals surface area contributed by atoms with E-state index in [0.29, 0.717) is 0 Å². The molecule has 0 aliphatic carbocycles. The largest absolute Gasteiger partial charge is 0.573 e. The highest BCUT2D eigenvalue weighted by molar-refractivity contribution is 5.79. The predicted molar refractivity (Wildman–Crippen MR) is 61.7 cm³/mol. The van der Waals surface area contributed by atoms with Crippen LogP contribution in [0.3, 0.4) is 0 Å². The van der Waals surface area contributed by atoms with Crippen LogP contribution in [0.5, 0.6) is 5.75 Å². The summed E-state index contributed by atoms with van der Waals surface area (Å²) in [7, 11) is 0. The predicted octanol–water partition coefficient (Wildman–Crippen LogP) is 3.60. The Kier molecular flexibility index (Phi) is 3.69. The number of hydrogen-bond acceptors (Lipinski definition) is 3. The van der Waals surface area contributed by atoms with Gasteiger partial charge in [-0.15, -0.1) is 13.2 Å². The van der Waals surface area contributed by atoms with Gasteiger partial charge in [-0.1, -0.05) is 12.1 Å². The van der Waals surface area contributed by atoms with E-state index in [9.17, 15) is 22.4 Å². The Morgan fingerprint density at radius 3 is 2.55 bits per heavy atom. The molecule has 0 unspecified atom stereocenters. The molecule has 2 aromatic rings. The van der Waals surface area contributed by atoms with E-state index in [4.69, 9.17) is 0 Å². The molecule has 0 N–H and O–H groups in total. The summed E-state index contributed by atoms with van der Waals surface area (Å²) in [6.45, 7) is 0. The van der Waals surface area contributed by atoms with Crippen molar-refractivity contribution < 1.29 is 27.1 Å². The SMILES string of the molecule is O=Cc1cc(-c2ccccc2OC(F)(F)F)ncc1F. The number of pyridine rings is 1. The van der Waals surface area contributed by atoms with Gasteiger partial charge in [0, 0.05) is 5.56 Å². The van der Waals surface area contributed by atoms with Crippen molar-refractivity contribution in [2.75, 3.05) is 0 Å². The van der Waals surface area contributed by atoms with Gasteiger partial charge >= 0.3 is 6.36 Å². The lowest BCUT2D eigenvalue weighted by atomic mass is 10.1. The van der Waals surface area contributed by atoms with Gasteiger partial charge in [-0.05, 0) is 18.2 Å². The summed E-state index contributed by atoms with van der Waals surface area (Å²) >= 11 is 0. The number of alkyl halides is 3. The fraction of sp³-hybridized carbons (Fsp3) is 0.0769. The maximum absolute atomic E-state index is 13.2. The summed E-state index contributed by atoms with van der Waals surface area (Å²) < 4.78 is 53.9. The first-order chi connectivity index (χ1) is 9.40. The van der Waals surface area contributed by atoms with Gasteiger partial charge in [0.2, 0.25) is 0 Å². The second kappa shape index (κ2) is 5.28. The van der Waals surface area contributed by atoms with E-state index in [2.05, 4.69) is 9.72 Å². The molecule has 1 heterocycles. The van der Waals surface area contributed by atoms with Crippen LogP contribution >= 0.6 is 0 Å². The van der Waals surface area contributed by atoms with Gasteiger partial charge in [-0.25, -0.2) is 4.39 Å². The molecule has 7 heteroatoms. The zero-order valence-corrected chi connectivity index (χ0v) is 9.82. The molecule has 0 aliphatic heterocycles. The number of para-hydroxylation sites is 1. The Bertz CT molecular complexity index is 641. The molecule has 3 nitrogen and oxygen atoms in total. The number of aromatic nitrogens is 1. The topological polar surface area (TPSA) is 39.2 Å². The van der Waals surface area contributed by atoms with Crippen molar-refractivity contribution in [2.45, 2.75) is 6.36 Å². The standard InChI is InChI=1S/C13H7F4NO2/c14-10-6-18-11(5-8(10)7-19)9-3-1-2-4-12(9)20-13(15,16)17/h1-7H. The maximum Gasteiger partial charge on any atom is 0.573 e. The highest BCUT2D eigenvalue weighted by Gasteiger charge is 2.32. The van der Waals surface area contributed by atoms with Gasteiger partial charge in [-0.3, -0.25) is 9.78 Å². The molecule has 0 saturated heterocycles. The smallest absolute Gasteiger partial charge is 0.405 e. The Hall–Kier alpha value is -2.44. The monoisotopic (exact) mass is 285 g/mol. The number of carbonyl (C=O) groups is 1. The van der Waals surface area contributed by atoms with E-state index in [1.165, 1.54) is 18.2 Å². The molecular weight excluding hydrogens is 278 g/mol. The lowest BCUT2D eigenvalue weighted by Crippen LogP contribution is -2.17. The minimum atomic E-state index is -4.86. The third-order valence-electron chi connectivity index (χ3n) is 2.40. The average molecular weight is 285 g/mol. The molecule has 1 aromatic heterocycles. The van der Waals surface area contributed by atoms with E-state index in [1.54, 1.807) is 0 Å². The van der Waals surface area contributed by atoms with Crippen molar-refractivity contribution in [1.82, 2.24) is 4.98 Å². The van der Waals surface area contributed by atoms with Gasteiger partial charge in [0.25, 0.3) is 0 Å². The van der Waals surface area contributed by atoms with E-state index < -0.39 is 17.9 Å². The van der Waals surface area contributed by atoms with E-state index in [1.807, 2.05) is 0 Å². The number of aldehydes is 1. The van der Waals surface area contributed by atoms with E-state index in [-0.39, 0.29) is 23.1 Å². The van der Waals surface area contributed by atoms with Crippen LogP contribution < -0.4 is 4.74 Å². The third-order valence-corrected chi connectivity index (χ3v) is 2.40. The summed E-state index contributed by atoms with van der Waals surface area (Å²) in [5, 5.41) is 0. The number of hydrogen-bond donors (Lipinski definition) is 0. The molecule has 2 rings (SSSR count). The molecule has 1 aromatic carbocycles. The number of rotatable bonds is 3. The molecule has 20 heavy (non-hydrogen) atoms. The number of nitrogens with zero attached hydrogens (tertiary/aromatic N) is 1. The van der Waals surface area contributed by atoms with Crippen molar-refractivity contribution in [1.29, 1.82) is 0 Å². The van der Waals surface area contributed by atoms with Crippen LogP contribution in [-0.4, -0.2) is 17.6 Å². The summed E-state index contributed by atoms with van der Waals surface area (Å²) in [5.41, 5.74) is -0.280. The minimum absolute atomic E-state index is 0.00734. The summed E-state index contributed by atoms with van der Waals surface area (Å²) in [6, 6.07) is 6.32. The summed E-state index contributed by atoms with van der Waals surface area (Å²) in [4.78, 5) is 14.3. The highest BCUT2D eigenvalue weighted by Crippen LogP contribution is 2.32. The van der Waals surface area contributed by atoms with Crippen molar-refractivity contribution in [2.24, 2.45) is 0 Å². The van der Waals surface area contributed by atoms with Gasteiger partial charge < -0.3 is 4.74 Å². The summed E-state index contributed by atoms with van der Waals surface area (Å²) in [6.07, 6.45) is -3.83. The van der Waals surface area contributed by atoms with Crippen LogP contribution in [0.4, 0.5) is 17.6 Å². The normalized spacial score (nSPS) is 11.2. The zero-order chi connectivity index (χ0) is 14.8. The van der Waals surface area contributed by atoms with Crippen LogP contribution in [0.2, 0.25) is 0 Å². The molecule has 0 atom stereocenters. The van der Waals surface area contributed by atoms with E-state index >= 15 is 0 Å². The molecular formula is C13H7F4NO2. The molecule has 0 fully saturated rings. The Morgan fingerprint density at radius 1 is 1.20 bits per heavy atom. The van der Waals surface area contributed by atoms with E-state index in [0.717, 1.165) is 18.3 Å². The molecule has 0 bridgehead atoms. The van der Waals surface area contributed by atoms with Crippen LogP contribution in [0.25, 0.3) is 11.3 Å². The molecule has 104 valence electrons. The van der Waals surface area contributed by atoms with Gasteiger partial charge in [-0.2, -0.15) is 0 Å². The molecule has 0 amide bonds. The van der Waals surface area contributed by atoms with Crippen LogP contribution in [0, 0.1) is 5.82 Å². The van der Waals surface area contributed by atoms with Crippen molar-refractivity contribution >= 4 is 6.29 Å². The maximum atomic E-state index is 13.2. The lowest BCUT2D eigenvalue weighted by molar-refractivity contribution is -0.274. The van der Waals surface area contributed by atoms with Gasteiger partial charge in [0.15, 0.2) is 12.1 Å². The van der Waals surface area contributed by atoms with Gasteiger partial charge in [0.05, 0.1) is 17.5 Å². The second-order valence-electron chi connectivity index (χ2n) is 3.75. The molecule has 0 radical (unpaired) electrons. The fourth-order valence-corrected chi connectivity index (χ4v) is 1.58. The Labute approximate surface area is 110 Å². The zero-order valence-electron chi connectivity index (χ0n) is 9.82. The number of carbonyl (C=O) groups excluding carboxylic acids is 1. The van der Waals surface area contributed by atoms with Gasteiger partial charge in [0.1, 0.15) is 5.75 Å². The summed E-state index contributed by atoms with van der Waals surface area (Å²) in [5.74, 6) is -1.33. The number of halogens is 4.